The molecular weight excluding hydrogens is 308 g/mol. The SMILES string of the molecule is CCOC(=O)c1cccc(/C=C/C2(O)CCC3(CC2)OCCO3)c1. The van der Waals surface area contributed by atoms with Crippen LogP contribution in [0.1, 0.15) is 48.5 Å². The van der Waals surface area contributed by atoms with E-state index in [1.54, 1.807) is 19.1 Å². The molecule has 0 radical (unpaired) electrons. The number of hydrogen-bond donors (Lipinski definition) is 1. The Morgan fingerprint density at radius 2 is 1.96 bits per heavy atom. The van der Waals surface area contributed by atoms with Crippen LogP contribution in [-0.2, 0) is 14.2 Å². The van der Waals surface area contributed by atoms with Crippen LogP contribution in [0.4, 0.5) is 0 Å². The molecule has 1 saturated heterocycles. The van der Waals surface area contributed by atoms with Crippen molar-refractivity contribution in [2.75, 3.05) is 19.8 Å². The van der Waals surface area contributed by atoms with Crippen molar-refractivity contribution in [3.63, 3.8) is 0 Å². The first kappa shape index (κ1) is 17.1. The third kappa shape index (κ3) is 3.86. The van der Waals surface area contributed by atoms with Gasteiger partial charge in [-0.15, -0.1) is 0 Å². The molecule has 0 aromatic heterocycles. The zero-order valence-electron chi connectivity index (χ0n) is 14.0. The topological polar surface area (TPSA) is 65.0 Å². The fraction of sp³-hybridized carbons (Fsp3) is 0.526. The van der Waals surface area contributed by atoms with E-state index < -0.39 is 11.4 Å². The van der Waals surface area contributed by atoms with Gasteiger partial charge >= 0.3 is 5.97 Å². The minimum Gasteiger partial charge on any atom is -0.462 e. The predicted molar refractivity (Wildman–Crippen MR) is 89.5 cm³/mol. The van der Waals surface area contributed by atoms with Gasteiger partial charge in [0.25, 0.3) is 0 Å². The summed E-state index contributed by atoms with van der Waals surface area (Å²) in [5.41, 5.74) is 0.518. The summed E-state index contributed by atoms with van der Waals surface area (Å²) in [6, 6.07) is 7.21. The number of aliphatic hydroxyl groups is 1. The van der Waals surface area contributed by atoms with Gasteiger partial charge in [-0.05, 0) is 37.5 Å². The predicted octanol–water partition coefficient (Wildman–Crippen LogP) is 2.92. The summed E-state index contributed by atoms with van der Waals surface area (Å²) in [5.74, 6) is -0.814. The van der Waals surface area contributed by atoms with Crippen LogP contribution in [0.25, 0.3) is 6.08 Å². The van der Waals surface area contributed by atoms with Gasteiger partial charge in [-0.25, -0.2) is 4.79 Å². The summed E-state index contributed by atoms with van der Waals surface area (Å²) in [7, 11) is 0. The van der Waals surface area contributed by atoms with E-state index in [0.29, 0.717) is 51.1 Å². The molecule has 2 aliphatic rings. The second-order valence-electron chi connectivity index (χ2n) is 6.39. The zero-order valence-corrected chi connectivity index (χ0v) is 14.0. The fourth-order valence-electron chi connectivity index (χ4n) is 3.25. The first-order valence-electron chi connectivity index (χ1n) is 8.51. The van der Waals surface area contributed by atoms with Gasteiger partial charge in [0, 0.05) is 12.8 Å². The molecule has 1 aromatic carbocycles. The minimum absolute atomic E-state index is 0.332. The van der Waals surface area contributed by atoms with Crippen LogP contribution in [0.3, 0.4) is 0 Å². The Labute approximate surface area is 142 Å². The highest BCUT2D eigenvalue weighted by Gasteiger charge is 2.44. The van der Waals surface area contributed by atoms with Crippen LogP contribution < -0.4 is 0 Å². The van der Waals surface area contributed by atoms with Crippen LogP contribution in [0.15, 0.2) is 30.3 Å². The highest BCUT2D eigenvalue weighted by molar-refractivity contribution is 5.90. The van der Waals surface area contributed by atoms with Crippen LogP contribution >= 0.6 is 0 Å². The van der Waals surface area contributed by atoms with Crippen molar-refractivity contribution in [1.29, 1.82) is 0 Å². The summed E-state index contributed by atoms with van der Waals surface area (Å²) in [6.07, 6.45) is 6.26. The number of rotatable bonds is 4. The van der Waals surface area contributed by atoms with Crippen molar-refractivity contribution in [3.8, 4) is 0 Å². The maximum absolute atomic E-state index is 11.8. The van der Waals surface area contributed by atoms with E-state index >= 15 is 0 Å². The average molecular weight is 332 g/mol. The molecular formula is C19H24O5. The van der Waals surface area contributed by atoms with Gasteiger partial charge in [-0.2, -0.15) is 0 Å². The maximum Gasteiger partial charge on any atom is 0.338 e. The van der Waals surface area contributed by atoms with Gasteiger partial charge in [0.1, 0.15) is 0 Å². The van der Waals surface area contributed by atoms with Crippen molar-refractivity contribution in [3.05, 3.63) is 41.5 Å². The summed E-state index contributed by atoms with van der Waals surface area (Å²) in [5, 5.41) is 10.7. The van der Waals surface area contributed by atoms with Crippen molar-refractivity contribution >= 4 is 12.0 Å². The summed E-state index contributed by atoms with van der Waals surface area (Å²) in [6.45, 7) is 3.40. The quantitative estimate of drug-likeness (QED) is 0.859. The third-order valence-electron chi connectivity index (χ3n) is 4.67. The zero-order chi connectivity index (χ0) is 17.0. The van der Waals surface area contributed by atoms with E-state index in [9.17, 15) is 9.90 Å². The smallest absolute Gasteiger partial charge is 0.338 e. The van der Waals surface area contributed by atoms with Gasteiger partial charge in [-0.3, -0.25) is 0 Å². The van der Waals surface area contributed by atoms with Gasteiger partial charge in [-0.1, -0.05) is 24.3 Å². The van der Waals surface area contributed by atoms with E-state index in [2.05, 4.69) is 0 Å². The van der Waals surface area contributed by atoms with Crippen molar-refractivity contribution in [1.82, 2.24) is 0 Å². The van der Waals surface area contributed by atoms with Crippen molar-refractivity contribution < 1.29 is 24.1 Å². The van der Waals surface area contributed by atoms with Gasteiger partial charge in [0.2, 0.25) is 0 Å². The monoisotopic (exact) mass is 332 g/mol. The highest BCUT2D eigenvalue weighted by Crippen LogP contribution is 2.40. The number of ether oxygens (including phenoxy) is 3. The molecule has 1 N–H and O–H groups in total. The lowest BCUT2D eigenvalue weighted by atomic mass is 9.81. The standard InChI is InChI=1S/C19H24O5/c1-2-22-17(20)16-5-3-4-15(14-16)6-7-18(21)8-10-19(11-9-18)23-12-13-24-19/h3-7,14,21H,2,8-13H2,1H3/b7-6+. The molecule has 2 fully saturated rings. The lowest BCUT2D eigenvalue weighted by Gasteiger charge is -2.39. The molecule has 3 rings (SSSR count). The average Bonchev–Trinajstić information content (AvgIpc) is 3.06. The molecule has 0 bridgehead atoms. The number of hydrogen-bond acceptors (Lipinski definition) is 5. The number of carbonyl (C=O) groups excluding carboxylic acids is 1. The van der Waals surface area contributed by atoms with E-state index in [1.807, 2.05) is 24.3 Å². The Morgan fingerprint density at radius 3 is 2.62 bits per heavy atom. The molecule has 130 valence electrons. The first-order chi connectivity index (χ1) is 11.5. The molecule has 1 spiro atoms. The normalized spacial score (nSPS) is 22.1. The van der Waals surface area contributed by atoms with E-state index in [0.717, 1.165) is 5.56 Å². The molecule has 1 heterocycles. The molecule has 1 aliphatic heterocycles. The molecule has 0 atom stereocenters. The van der Waals surface area contributed by atoms with Gasteiger partial charge in [0.15, 0.2) is 5.79 Å². The molecule has 1 saturated carbocycles. The Bertz CT molecular complexity index is 606. The van der Waals surface area contributed by atoms with Crippen molar-refractivity contribution in [2.24, 2.45) is 0 Å². The first-order valence-corrected chi connectivity index (χ1v) is 8.51. The third-order valence-corrected chi connectivity index (χ3v) is 4.67. The van der Waals surface area contributed by atoms with Crippen LogP contribution in [0, 0.1) is 0 Å². The molecule has 1 aliphatic carbocycles. The van der Waals surface area contributed by atoms with Gasteiger partial charge < -0.3 is 19.3 Å². The second-order valence-corrected chi connectivity index (χ2v) is 6.39. The second kappa shape index (κ2) is 7.05. The fourth-order valence-corrected chi connectivity index (χ4v) is 3.25. The lowest BCUT2D eigenvalue weighted by molar-refractivity contribution is -0.196. The Morgan fingerprint density at radius 1 is 1.25 bits per heavy atom. The van der Waals surface area contributed by atoms with Crippen LogP contribution in [0.2, 0.25) is 0 Å². The number of esters is 1. The largest absolute Gasteiger partial charge is 0.462 e. The molecule has 5 heteroatoms. The molecule has 0 amide bonds. The van der Waals surface area contributed by atoms with Crippen molar-refractivity contribution in [2.45, 2.75) is 44.0 Å². The molecule has 24 heavy (non-hydrogen) atoms. The summed E-state index contributed by atoms with van der Waals surface area (Å²) < 4.78 is 16.4. The summed E-state index contributed by atoms with van der Waals surface area (Å²) >= 11 is 0. The number of carbonyl (C=O) groups is 1. The van der Waals surface area contributed by atoms with E-state index in [4.69, 9.17) is 14.2 Å². The Balaban J connectivity index is 1.65. The van der Waals surface area contributed by atoms with Gasteiger partial charge in [0.05, 0.1) is 31.0 Å². The minimum atomic E-state index is -0.861. The highest BCUT2D eigenvalue weighted by atomic mass is 16.7. The van der Waals surface area contributed by atoms with Crippen LogP contribution in [0.5, 0.6) is 0 Å². The molecule has 1 aromatic rings. The number of benzene rings is 1. The summed E-state index contributed by atoms with van der Waals surface area (Å²) in [4.78, 5) is 11.8. The lowest BCUT2D eigenvalue weighted by Crippen LogP contribution is -2.42. The Hall–Kier alpha value is -1.69. The molecule has 0 unspecified atom stereocenters. The maximum atomic E-state index is 11.8. The van der Waals surface area contributed by atoms with E-state index in [-0.39, 0.29) is 5.97 Å². The Kier molecular flexibility index (Phi) is 5.04. The molecule has 5 nitrogen and oxygen atoms in total. The van der Waals surface area contributed by atoms with Crippen LogP contribution in [-0.4, -0.2) is 42.3 Å². The van der Waals surface area contributed by atoms with E-state index in [1.165, 1.54) is 0 Å².